The smallest absolute Gasteiger partial charge is 0.240 e. The number of rotatable bonds is 4. The van der Waals surface area contributed by atoms with E-state index in [4.69, 9.17) is 6.42 Å². The third kappa shape index (κ3) is 2.56. The summed E-state index contributed by atoms with van der Waals surface area (Å²) in [6.45, 7) is 4.40. The van der Waals surface area contributed by atoms with Crippen molar-refractivity contribution in [2.45, 2.75) is 32.2 Å². The summed E-state index contributed by atoms with van der Waals surface area (Å²) < 4.78 is 0. The van der Waals surface area contributed by atoms with Crippen LogP contribution in [0.15, 0.2) is 0 Å². The van der Waals surface area contributed by atoms with Gasteiger partial charge in [-0.1, -0.05) is 12.8 Å². The molecule has 88 valence electrons. The number of amides is 1. The number of terminal acetylenes is 1. The van der Waals surface area contributed by atoms with E-state index in [2.05, 4.69) is 18.2 Å². The van der Waals surface area contributed by atoms with Gasteiger partial charge in [-0.2, -0.15) is 0 Å². The van der Waals surface area contributed by atoms with Crippen LogP contribution in [0.3, 0.4) is 0 Å². The second-order valence-corrected chi connectivity index (χ2v) is 5.06. The number of hydrogen-bond acceptors (Lipinski definition) is 2. The Morgan fingerprint density at radius 3 is 2.75 bits per heavy atom. The van der Waals surface area contributed by atoms with Gasteiger partial charge in [0.05, 0.1) is 12.6 Å². The Morgan fingerprint density at radius 1 is 1.50 bits per heavy atom. The summed E-state index contributed by atoms with van der Waals surface area (Å²) in [5.41, 5.74) is 0. The van der Waals surface area contributed by atoms with E-state index in [1.807, 2.05) is 4.90 Å². The average Bonchev–Trinajstić information content (AvgIpc) is 2.98. The third-order valence-electron chi connectivity index (χ3n) is 3.57. The molecule has 1 heterocycles. The minimum absolute atomic E-state index is 0.00731. The van der Waals surface area contributed by atoms with Gasteiger partial charge in [-0.05, 0) is 37.6 Å². The van der Waals surface area contributed by atoms with Crippen molar-refractivity contribution in [3.05, 3.63) is 0 Å². The lowest BCUT2D eigenvalue weighted by molar-refractivity contribution is -0.133. The van der Waals surface area contributed by atoms with Gasteiger partial charge in [-0.3, -0.25) is 4.79 Å². The number of carbonyl (C=O) groups is 1. The van der Waals surface area contributed by atoms with E-state index in [0.29, 0.717) is 18.4 Å². The highest BCUT2D eigenvalue weighted by atomic mass is 16.2. The summed E-state index contributed by atoms with van der Waals surface area (Å²) in [4.78, 5) is 14.1. The molecular weight excluding hydrogens is 200 g/mol. The summed E-state index contributed by atoms with van der Waals surface area (Å²) >= 11 is 0. The lowest BCUT2D eigenvalue weighted by atomic mass is 10.0. The second-order valence-electron chi connectivity index (χ2n) is 5.06. The van der Waals surface area contributed by atoms with Crippen LogP contribution in [0.4, 0.5) is 0 Å². The van der Waals surface area contributed by atoms with Crippen LogP contribution in [-0.4, -0.2) is 36.5 Å². The molecule has 0 radical (unpaired) electrons. The van der Waals surface area contributed by atoms with Crippen molar-refractivity contribution in [2.24, 2.45) is 11.8 Å². The molecule has 16 heavy (non-hydrogen) atoms. The molecule has 3 heteroatoms. The van der Waals surface area contributed by atoms with Crippen LogP contribution in [0.5, 0.6) is 0 Å². The van der Waals surface area contributed by atoms with Crippen LogP contribution in [0, 0.1) is 24.2 Å². The van der Waals surface area contributed by atoms with Crippen LogP contribution < -0.4 is 5.32 Å². The van der Waals surface area contributed by atoms with Crippen LogP contribution >= 0.6 is 0 Å². The summed E-state index contributed by atoms with van der Waals surface area (Å²) in [6.07, 6.45) is 8.92. The van der Waals surface area contributed by atoms with Gasteiger partial charge in [0.15, 0.2) is 0 Å². The monoisotopic (exact) mass is 220 g/mol. The van der Waals surface area contributed by atoms with E-state index in [-0.39, 0.29) is 11.9 Å². The number of nitrogens with one attached hydrogen (secondary N) is 1. The van der Waals surface area contributed by atoms with Crippen LogP contribution in [0.1, 0.15) is 26.2 Å². The molecule has 2 aliphatic rings. The molecule has 1 N–H and O–H groups in total. The summed E-state index contributed by atoms with van der Waals surface area (Å²) in [5, 5.41) is 3.28. The van der Waals surface area contributed by atoms with E-state index in [0.717, 1.165) is 19.5 Å². The first-order valence-corrected chi connectivity index (χ1v) is 6.18. The molecule has 0 aromatic heterocycles. The zero-order valence-electron chi connectivity index (χ0n) is 9.91. The Labute approximate surface area is 97.6 Å². The number of nitrogens with zero attached hydrogens (tertiary/aromatic N) is 1. The Kier molecular flexibility index (Phi) is 3.50. The standard InChI is InChI=1S/C13H20N2O/c1-3-8-15(9-11-4-5-11)13(16)12-10(2)6-7-14-12/h1,10-12,14H,4-9H2,2H3. The molecule has 1 aliphatic carbocycles. The predicted molar refractivity (Wildman–Crippen MR) is 63.7 cm³/mol. The highest BCUT2D eigenvalue weighted by Crippen LogP contribution is 2.30. The van der Waals surface area contributed by atoms with Crippen molar-refractivity contribution in [1.82, 2.24) is 10.2 Å². The molecule has 2 atom stereocenters. The van der Waals surface area contributed by atoms with Gasteiger partial charge in [0.1, 0.15) is 0 Å². The molecule has 0 aromatic carbocycles. The molecule has 0 bridgehead atoms. The molecule has 1 amide bonds. The molecule has 0 spiro atoms. The lowest BCUT2D eigenvalue weighted by Gasteiger charge is -2.25. The fourth-order valence-corrected chi connectivity index (χ4v) is 2.32. The van der Waals surface area contributed by atoms with Crippen molar-refractivity contribution in [2.75, 3.05) is 19.6 Å². The fourth-order valence-electron chi connectivity index (χ4n) is 2.32. The van der Waals surface area contributed by atoms with Crippen molar-refractivity contribution >= 4 is 5.91 Å². The minimum atomic E-state index is -0.00731. The molecular formula is C13H20N2O. The summed E-state index contributed by atoms with van der Waals surface area (Å²) in [6, 6.07) is -0.00731. The van der Waals surface area contributed by atoms with Crippen molar-refractivity contribution in [3.63, 3.8) is 0 Å². The Balaban J connectivity index is 1.95. The zero-order chi connectivity index (χ0) is 11.5. The van der Waals surface area contributed by atoms with E-state index >= 15 is 0 Å². The maximum absolute atomic E-state index is 12.3. The molecule has 1 saturated carbocycles. The SMILES string of the molecule is C#CCN(CC1CC1)C(=O)C1NCCC1C. The Morgan fingerprint density at radius 2 is 2.25 bits per heavy atom. The first-order valence-electron chi connectivity index (χ1n) is 6.18. The van der Waals surface area contributed by atoms with Crippen LogP contribution in [0.2, 0.25) is 0 Å². The molecule has 2 unspecified atom stereocenters. The second kappa shape index (κ2) is 4.88. The van der Waals surface area contributed by atoms with Gasteiger partial charge in [0, 0.05) is 6.54 Å². The highest BCUT2D eigenvalue weighted by Gasteiger charge is 2.34. The fraction of sp³-hybridized carbons (Fsp3) is 0.769. The molecule has 1 saturated heterocycles. The first kappa shape index (κ1) is 11.5. The van der Waals surface area contributed by atoms with Crippen molar-refractivity contribution < 1.29 is 4.79 Å². The minimum Gasteiger partial charge on any atom is -0.330 e. The largest absolute Gasteiger partial charge is 0.330 e. The van der Waals surface area contributed by atoms with E-state index in [1.54, 1.807) is 0 Å². The van der Waals surface area contributed by atoms with Crippen LogP contribution in [-0.2, 0) is 4.79 Å². The lowest BCUT2D eigenvalue weighted by Crippen LogP contribution is -2.46. The third-order valence-corrected chi connectivity index (χ3v) is 3.57. The molecule has 2 fully saturated rings. The van der Waals surface area contributed by atoms with Gasteiger partial charge in [0.2, 0.25) is 5.91 Å². The van der Waals surface area contributed by atoms with Crippen molar-refractivity contribution in [3.8, 4) is 12.3 Å². The summed E-state index contributed by atoms with van der Waals surface area (Å²) in [7, 11) is 0. The van der Waals surface area contributed by atoms with E-state index in [1.165, 1.54) is 12.8 Å². The van der Waals surface area contributed by atoms with Crippen molar-refractivity contribution in [1.29, 1.82) is 0 Å². The van der Waals surface area contributed by atoms with E-state index in [9.17, 15) is 4.79 Å². The highest BCUT2D eigenvalue weighted by molar-refractivity contribution is 5.82. The van der Waals surface area contributed by atoms with Gasteiger partial charge < -0.3 is 10.2 Å². The van der Waals surface area contributed by atoms with Crippen LogP contribution in [0.25, 0.3) is 0 Å². The molecule has 3 nitrogen and oxygen atoms in total. The van der Waals surface area contributed by atoms with Gasteiger partial charge in [0.25, 0.3) is 0 Å². The van der Waals surface area contributed by atoms with Gasteiger partial charge >= 0.3 is 0 Å². The number of carbonyl (C=O) groups excluding carboxylic acids is 1. The number of hydrogen-bond donors (Lipinski definition) is 1. The molecule has 2 rings (SSSR count). The van der Waals surface area contributed by atoms with Gasteiger partial charge in [-0.15, -0.1) is 6.42 Å². The maximum Gasteiger partial charge on any atom is 0.240 e. The Hall–Kier alpha value is -1.01. The zero-order valence-corrected chi connectivity index (χ0v) is 9.91. The average molecular weight is 220 g/mol. The first-order chi connectivity index (χ1) is 7.72. The van der Waals surface area contributed by atoms with Gasteiger partial charge in [-0.25, -0.2) is 0 Å². The summed E-state index contributed by atoms with van der Waals surface area (Å²) in [5.74, 6) is 3.94. The predicted octanol–water partition coefficient (Wildman–Crippen LogP) is 0.856. The van der Waals surface area contributed by atoms with E-state index < -0.39 is 0 Å². The normalized spacial score (nSPS) is 28.8. The maximum atomic E-state index is 12.3. The Bertz CT molecular complexity index is 304. The quantitative estimate of drug-likeness (QED) is 0.713. The topological polar surface area (TPSA) is 32.3 Å². The molecule has 1 aliphatic heterocycles. The molecule has 0 aromatic rings.